The summed E-state index contributed by atoms with van der Waals surface area (Å²) in [5, 5.41) is 3.08. The molecule has 0 saturated carbocycles. The predicted molar refractivity (Wildman–Crippen MR) is 53.5 cm³/mol. The number of hydrogen-bond acceptors (Lipinski definition) is 2. The topological polar surface area (TPSA) is 32.3 Å². The van der Waals surface area contributed by atoms with Crippen LogP contribution < -0.4 is 5.32 Å². The highest BCUT2D eigenvalue weighted by atomic mass is 16.2. The van der Waals surface area contributed by atoms with Crippen LogP contribution in [0, 0.1) is 5.92 Å². The molecule has 0 aromatic rings. The first kappa shape index (κ1) is 10.5. The molecule has 0 bridgehead atoms. The smallest absolute Gasteiger partial charge is 0.236 e. The predicted octanol–water partition coefficient (Wildman–Crippen LogP) is 0.854. The number of rotatable bonds is 4. The van der Waals surface area contributed by atoms with E-state index in [1.807, 2.05) is 4.90 Å². The van der Waals surface area contributed by atoms with Crippen LogP contribution in [0.4, 0.5) is 0 Å². The fourth-order valence-electron chi connectivity index (χ4n) is 1.70. The van der Waals surface area contributed by atoms with Gasteiger partial charge in [0.2, 0.25) is 5.91 Å². The Morgan fingerprint density at radius 1 is 1.46 bits per heavy atom. The van der Waals surface area contributed by atoms with Gasteiger partial charge < -0.3 is 10.2 Å². The fourth-order valence-corrected chi connectivity index (χ4v) is 1.70. The second-order valence-corrected chi connectivity index (χ2v) is 3.70. The van der Waals surface area contributed by atoms with Crippen LogP contribution in [0.25, 0.3) is 0 Å². The summed E-state index contributed by atoms with van der Waals surface area (Å²) in [6, 6.07) is 0. The highest BCUT2D eigenvalue weighted by Crippen LogP contribution is 2.10. The van der Waals surface area contributed by atoms with E-state index in [0.717, 1.165) is 19.6 Å². The lowest BCUT2D eigenvalue weighted by Gasteiger charge is -2.30. The van der Waals surface area contributed by atoms with Gasteiger partial charge in [0, 0.05) is 19.6 Å². The Kier molecular flexibility index (Phi) is 4.22. The quantitative estimate of drug-likeness (QED) is 0.702. The molecule has 76 valence electrons. The van der Waals surface area contributed by atoms with Crippen molar-refractivity contribution in [3.63, 3.8) is 0 Å². The number of piperazine rings is 1. The number of nitrogens with one attached hydrogen (secondary N) is 1. The molecule has 1 saturated heterocycles. The van der Waals surface area contributed by atoms with Crippen LogP contribution >= 0.6 is 0 Å². The molecule has 1 amide bonds. The van der Waals surface area contributed by atoms with Crippen LogP contribution in [-0.4, -0.2) is 37.0 Å². The van der Waals surface area contributed by atoms with E-state index in [-0.39, 0.29) is 5.91 Å². The first-order valence-electron chi connectivity index (χ1n) is 5.26. The lowest BCUT2D eigenvalue weighted by Crippen LogP contribution is -2.49. The highest BCUT2D eigenvalue weighted by Gasteiger charge is 2.19. The van der Waals surface area contributed by atoms with Crippen LogP contribution in [-0.2, 0) is 4.79 Å². The zero-order valence-electron chi connectivity index (χ0n) is 8.68. The molecular weight excluding hydrogens is 164 g/mol. The number of amides is 1. The fraction of sp³-hybridized carbons (Fsp3) is 0.900. The van der Waals surface area contributed by atoms with E-state index in [4.69, 9.17) is 0 Å². The summed E-state index contributed by atoms with van der Waals surface area (Å²) in [4.78, 5) is 13.4. The van der Waals surface area contributed by atoms with E-state index in [1.165, 1.54) is 12.8 Å². The van der Waals surface area contributed by atoms with Crippen LogP contribution in [0.5, 0.6) is 0 Å². The lowest BCUT2D eigenvalue weighted by atomic mass is 10.0. The molecule has 1 rings (SSSR count). The standard InChI is InChI=1S/C10H20N2O/c1-3-9(4-2)8-12-6-5-11-7-10(12)13/h9,11H,3-8H2,1-2H3. The molecule has 13 heavy (non-hydrogen) atoms. The molecule has 0 aromatic carbocycles. The molecule has 0 aliphatic carbocycles. The molecule has 3 heteroatoms. The Labute approximate surface area is 80.5 Å². The van der Waals surface area contributed by atoms with Crippen molar-refractivity contribution in [2.75, 3.05) is 26.2 Å². The monoisotopic (exact) mass is 184 g/mol. The minimum atomic E-state index is 0.262. The number of hydrogen-bond donors (Lipinski definition) is 1. The number of nitrogens with zero attached hydrogens (tertiary/aromatic N) is 1. The van der Waals surface area contributed by atoms with Crippen molar-refractivity contribution in [2.24, 2.45) is 5.92 Å². The van der Waals surface area contributed by atoms with Gasteiger partial charge in [-0.25, -0.2) is 0 Å². The normalized spacial score (nSPS) is 18.4. The van der Waals surface area contributed by atoms with Gasteiger partial charge in [0.15, 0.2) is 0 Å². The third kappa shape index (κ3) is 2.99. The highest BCUT2D eigenvalue weighted by molar-refractivity contribution is 5.78. The van der Waals surface area contributed by atoms with Crippen LogP contribution in [0.1, 0.15) is 26.7 Å². The van der Waals surface area contributed by atoms with Gasteiger partial charge in [-0.05, 0) is 5.92 Å². The summed E-state index contributed by atoms with van der Waals surface area (Å²) >= 11 is 0. The van der Waals surface area contributed by atoms with Gasteiger partial charge in [-0.1, -0.05) is 26.7 Å². The molecule has 1 heterocycles. The average molecular weight is 184 g/mol. The summed E-state index contributed by atoms with van der Waals surface area (Å²) in [5.41, 5.74) is 0. The maximum atomic E-state index is 11.4. The maximum Gasteiger partial charge on any atom is 0.236 e. The first-order chi connectivity index (χ1) is 6.27. The van der Waals surface area contributed by atoms with Crippen molar-refractivity contribution >= 4 is 5.91 Å². The Morgan fingerprint density at radius 2 is 2.15 bits per heavy atom. The SMILES string of the molecule is CCC(CC)CN1CCNCC1=O. The summed E-state index contributed by atoms with van der Waals surface area (Å²) in [7, 11) is 0. The van der Waals surface area contributed by atoms with Crippen molar-refractivity contribution in [3.8, 4) is 0 Å². The Hall–Kier alpha value is -0.570. The molecule has 1 N–H and O–H groups in total. The van der Waals surface area contributed by atoms with Crippen molar-refractivity contribution < 1.29 is 4.79 Å². The molecule has 0 radical (unpaired) electrons. The zero-order valence-corrected chi connectivity index (χ0v) is 8.68. The third-order valence-corrected chi connectivity index (χ3v) is 2.82. The first-order valence-corrected chi connectivity index (χ1v) is 5.26. The Bertz CT molecular complexity index is 166. The Morgan fingerprint density at radius 3 is 2.69 bits per heavy atom. The van der Waals surface area contributed by atoms with Gasteiger partial charge in [-0.15, -0.1) is 0 Å². The van der Waals surface area contributed by atoms with Gasteiger partial charge in [0.25, 0.3) is 0 Å². The molecular formula is C10H20N2O. The summed E-state index contributed by atoms with van der Waals surface area (Å²) in [5.74, 6) is 0.945. The second-order valence-electron chi connectivity index (χ2n) is 3.70. The number of carbonyl (C=O) groups is 1. The second kappa shape index (κ2) is 5.22. The summed E-state index contributed by atoms with van der Waals surface area (Å²) in [6.07, 6.45) is 2.35. The van der Waals surface area contributed by atoms with Gasteiger partial charge in [0.05, 0.1) is 6.54 Å². The summed E-state index contributed by atoms with van der Waals surface area (Å²) in [6.45, 7) is 7.70. The third-order valence-electron chi connectivity index (χ3n) is 2.82. The minimum Gasteiger partial charge on any atom is -0.340 e. The molecule has 1 aliphatic rings. The van der Waals surface area contributed by atoms with Crippen molar-refractivity contribution in [3.05, 3.63) is 0 Å². The van der Waals surface area contributed by atoms with E-state index >= 15 is 0 Å². The van der Waals surface area contributed by atoms with Crippen LogP contribution in [0.3, 0.4) is 0 Å². The lowest BCUT2D eigenvalue weighted by molar-refractivity contribution is -0.132. The molecule has 0 unspecified atom stereocenters. The van der Waals surface area contributed by atoms with E-state index in [1.54, 1.807) is 0 Å². The molecule has 1 aliphatic heterocycles. The van der Waals surface area contributed by atoms with Gasteiger partial charge >= 0.3 is 0 Å². The van der Waals surface area contributed by atoms with Gasteiger partial charge in [-0.2, -0.15) is 0 Å². The van der Waals surface area contributed by atoms with Gasteiger partial charge in [0.1, 0.15) is 0 Å². The average Bonchev–Trinajstić information content (AvgIpc) is 2.17. The largest absolute Gasteiger partial charge is 0.340 e. The van der Waals surface area contributed by atoms with Crippen LogP contribution in [0.2, 0.25) is 0 Å². The molecule has 0 aromatic heterocycles. The minimum absolute atomic E-state index is 0.262. The molecule has 0 spiro atoms. The van der Waals surface area contributed by atoms with Crippen molar-refractivity contribution in [2.45, 2.75) is 26.7 Å². The van der Waals surface area contributed by atoms with E-state index in [0.29, 0.717) is 12.5 Å². The Balaban J connectivity index is 2.36. The molecule has 0 atom stereocenters. The zero-order chi connectivity index (χ0) is 9.68. The van der Waals surface area contributed by atoms with E-state index in [9.17, 15) is 4.79 Å². The van der Waals surface area contributed by atoms with Crippen molar-refractivity contribution in [1.82, 2.24) is 10.2 Å². The van der Waals surface area contributed by atoms with Crippen LogP contribution in [0.15, 0.2) is 0 Å². The maximum absolute atomic E-state index is 11.4. The molecule has 1 fully saturated rings. The molecule has 3 nitrogen and oxygen atoms in total. The number of carbonyl (C=O) groups excluding carboxylic acids is 1. The van der Waals surface area contributed by atoms with E-state index in [2.05, 4.69) is 19.2 Å². The van der Waals surface area contributed by atoms with Gasteiger partial charge in [-0.3, -0.25) is 4.79 Å². The summed E-state index contributed by atoms with van der Waals surface area (Å²) < 4.78 is 0. The van der Waals surface area contributed by atoms with Crippen molar-refractivity contribution in [1.29, 1.82) is 0 Å². The van der Waals surface area contributed by atoms with E-state index < -0.39 is 0 Å².